The fourth-order valence-corrected chi connectivity index (χ4v) is 2.68. The number of hydrogen-bond donors (Lipinski definition) is 1. The van der Waals surface area contributed by atoms with Crippen LogP contribution in [0.15, 0.2) is 46.9 Å². The average molecular weight is 417 g/mol. The molecular formula is C16H13BrN6O3. The van der Waals surface area contributed by atoms with Crippen LogP contribution in [0.2, 0.25) is 0 Å². The second kappa shape index (κ2) is 7.40. The summed E-state index contributed by atoms with van der Waals surface area (Å²) in [6, 6.07) is 11.7. The summed E-state index contributed by atoms with van der Waals surface area (Å²) in [5.41, 5.74) is 1.19. The first-order chi connectivity index (χ1) is 12.5. The maximum atomic E-state index is 12.4. The summed E-state index contributed by atoms with van der Waals surface area (Å²) >= 11 is 3.36. The van der Waals surface area contributed by atoms with E-state index >= 15 is 0 Å². The molecule has 0 saturated carbocycles. The van der Waals surface area contributed by atoms with Crippen molar-refractivity contribution >= 4 is 27.5 Å². The molecule has 0 fully saturated rings. The largest absolute Gasteiger partial charge is 0.345 e. The molecule has 3 rings (SSSR count). The number of carbonyl (C=O) groups is 1. The number of nitro groups is 1. The lowest BCUT2D eigenvalue weighted by Crippen LogP contribution is -2.25. The van der Waals surface area contributed by atoms with Gasteiger partial charge >= 0.3 is 0 Å². The highest BCUT2D eigenvalue weighted by Crippen LogP contribution is 2.21. The molecule has 3 aromatic rings. The van der Waals surface area contributed by atoms with Crippen LogP contribution < -0.4 is 5.32 Å². The molecule has 0 aliphatic heterocycles. The van der Waals surface area contributed by atoms with E-state index in [4.69, 9.17) is 0 Å². The smallest absolute Gasteiger partial charge is 0.273 e. The molecule has 0 aliphatic carbocycles. The van der Waals surface area contributed by atoms with Crippen LogP contribution in [0.5, 0.6) is 0 Å². The van der Waals surface area contributed by atoms with Crippen molar-refractivity contribution in [3.8, 4) is 5.69 Å². The molecule has 0 saturated heterocycles. The summed E-state index contributed by atoms with van der Waals surface area (Å²) in [4.78, 5) is 22.9. The molecule has 0 aliphatic rings. The van der Waals surface area contributed by atoms with Crippen molar-refractivity contribution in [3.05, 3.63) is 74.0 Å². The lowest BCUT2D eigenvalue weighted by Gasteiger charge is -2.08. The lowest BCUT2D eigenvalue weighted by atomic mass is 10.1. The molecule has 0 bridgehead atoms. The maximum absolute atomic E-state index is 12.4. The summed E-state index contributed by atoms with van der Waals surface area (Å²) in [7, 11) is 0. The van der Waals surface area contributed by atoms with E-state index in [2.05, 4.69) is 36.8 Å². The standard InChI is InChI=1S/C16H13BrN6O3/c1-10-13(3-2-4-14(10)23(25)26)16(24)18-9-15-19-20-21-22(15)12-7-5-11(17)6-8-12/h2-8H,9H2,1H3,(H,18,24). The summed E-state index contributed by atoms with van der Waals surface area (Å²) in [5.74, 6) is 0.000289. The monoisotopic (exact) mass is 416 g/mol. The Bertz CT molecular complexity index is 970. The van der Waals surface area contributed by atoms with Crippen LogP contribution in [0.3, 0.4) is 0 Å². The minimum absolute atomic E-state index is 0.0734. The number of tetrazole rings is 1. The van der Waals surface area contributed by atoms with Crippen molar-refractivity contribution < 1.29 is 9.72 Å². The Labute approximate surface area is 156 Å². The number of nitro benzene ring substituents is 1. The zero-order valence-electron chi connectivity index (χ0n) is 13.6. The molecule has 0 spiro atoms. The van der Waals surface area contributed by atoms with Gasteiger partial charge in [-0.2, -0.15) is 4.68 Å². The first kappa shape index (κ1) is 17.7. The van der Waals surface area contributed by atoms with E-state index in [1.54, 1.807) is 6.92 Å². The molecule has 2 aromatic carbocycles. The highest BCUT2D eigenvalue weighted by Gasteiger charge is 2.18. The normalized spacial score (nSPS) is 10.5. The SMILES string of the molecule is Cc1c(C(=O)NCc2nnnn2-c2ccc(Br)cc2)cccc1[N+](=O)[O-]. The number of nitrogens with zero attached hydrogens (tertiary/aromatic N) is 5. The van der Waals surface area contributed by atoms with E-state index in [1.807, 2.05) is 24.3 Å². The third kappa shape index (κ3) is 3.59. The van der Waals surface area contributed by atoms with Gasteiger partial charge in [0.2, 0.25) is 0 Å². The third-order valence-electron chi connectivity index (χ3n) is 3.76. The van der Waals surface area contributed by atoms with Gasteiger partial charge in [-0.1, -0.05) is 22.0 Å². The van der Waals surface area contributed by atoms with Crippen molar-refractivity contribution in [2.45, 2.75) is 13.5 Å². The number of nitrogens with one attached hydrogen (secondary N) is 1. The van der Waals surface area contributed by atoms with E-state index in [9.17, 15) is 14.9 Å². The average Bonchev–Trinajstić information content (AvgIpc) is 3.09. The predicted molar refractivity (Wildman–Crippen MR) is 95.9 cm³/mol. The third-order valence-corrected chi connectivity index (χ3v) is 4.29. The fourth-order valence-electron chi connectivity index (χ4n) is 2.42. The molecule has 1 aromatic heterocycles. The Morgan fingerprint density at radius 3 is 2.69 bits per heavy atom. The van der Waals surface area contributed by atoms with Gasteiger partial charge in [0, 0.05) is 21.7 Å². The van der Waals surface area contributed by atoms with Gasteiger partial charge in [0.05, 0.1) is 17.2 Å². The number of hydrogen-bond acceptors (Lipinski definition) is 6. The second-order valence-electron chi connectivity index (χ2n) is 5.37. The number of rotatable bonds is 5. The van der Waals surface area contributed by atoms with Gasteiger partial charge in [0.1, 0.15) is 0 Å². The number of benzene rings is 2. The highest BCUT2D eigenvalue weighted by atomic mass is 79.9. The molecular weight excluding hydrogens is 404 g/mol. The Morgan fingerprint density at radius 2 is 2.00 bits per heavy atom. The Kier molecular flexibility index (Phi) is 5.03. The van der Waals surface area contributed by atoms with Crippen molar-refractivity contribution in [1.82, 2.24) is 25.5 Å². The van der Waals surface area contributed by atoms with Crippen LogP contribution in [-0.4, -0.2) is 31.0 Å². The van der Waals surface area contributed by atoms with Crippen molar-refractivity contribution in [2.24, 2.45) is 0 Å². The Hall–Kier alpha value is -3.14. The topological polar surface area (TPSA) is 116 Å². The van der Waals surface area contributed by atoms with Crippen molar-refractivity contribution in [3.63, 3.8) is 0 Å². The van der Waals surface area contributed by atoms with E-state index in [1.165, 1.54) is 22.9 Å². The molecule has 9 nitrogen and oxygen atoms in total. The van der Waals surface area contributed by atoms with Gasteiger partial charge in [0.25, 0.3) is 11.6 Å². The zero-order chi connectivity index (χ0) is 18.7. The minimum Gasteiger partial charge on any atom is -0.345 e. The molecule has 10 heteroatoms. The molecule has 0 unspecified atom stereocenters. The van der Waals surface area contributed by atoms with Crippen LogP contribution in [0.25, 0.3) is 5.69 Å². The van der Waals surface area contributed by atoms with E-state index < -0.39 is 10.8 Å². The van der Waals surface area contributed by atoms with E-state index in [-0.39, 0.29) is 17.8 Å². The minimum atomic E-state index is -0.514. The van der Waals surface area contributed by atoms with Crippen LogP contribution in [-0.2, 0) is 6.54 Å². The van der Waals surface area contributed by atoms with Crippen LogP contribution in [0.1, 0.15) is 21.7 Å². The number of carbonyl (C=O) groups excluding carboxylic acids is 1. The predicted octanol–water partition coefficient (Wildman–Crippen LogP) is 2.57. The van der Waals surface area contributed by atoms with E-state index in [0.29, 0.717) is 11.4 Å². The zero-order valence-corrected chi connectivity index (χ0v) is 15.2. The summed E-state index contributed by atoms with van der Waals surface area (Å²) < 4.78 is 2.43. The number of halogens is 1. The second-order valence-corrected chi connectivity index (χ2v) is 6.29. The molecule has 0 atom stereocenters. The molecule has 26 heavy (non-hydrogen) atoms. The Morgan fingerprint density at radius 1 is 1.27 bits per heavy atom. The van der Waals surface area contributed by atoms with Crippen molar-refractivity contribution in [2.75, 3.05) is 0 Å². The van der Waals surface area contributed by atoms with Gasteiger partial charge < -0.3 is 5.32 Å². The van der Waals surface area contributed by atoms with Crippen LogP contribution >= 0.6 is 15.9 Å². The van der Waals surface area contributed by atoms with Gasteiger partial charge in [0.15, 0.2) is 5.82 Å². The lowest BCUT2D eigenvalue weighted by molar-refractivity contribution is -0.385. The van der Waals surface area contributed by atoms with Gasteiger partial charge in [-0.05, 0) is 47.7 Å². The molecule has 1 N–H and O–H groups in total. The number of amides is 1. The summed E-state index contributed by atoms with van der Waals surface area (Å²) in [6.07, 6.45) is 0. The molecule has 132 valence electrons. The summed E-state index contributed by atoms with van der Waals surface area (Å²) in [5, 5.41) is 25.2. The van der Waals surface area contributed by atoms with Crippen LogP contribution in [0, 0.1) is 17.0 Å². The quantitative estimate of drug-likeness (QED) is 0.504. The van der Waals surface area contributed by atoms with Gasteiger partial charge in [-0.25, -0.2) is 0 Å². The molecule has 0 radical (unpaired) electrons. The van der Waals surface area contributed by atoms with E-state index in [0.717, 1.165) is 10.2 Å². The molecule has 1 heterocycles. The molecule has 1 amide bonds. The van der Waals surface area contributed by atoms with Gasteiger partial charge in [-0.3, -0.25) is 14.9 Å². The first-order valence-corrected chi connectivity index (χ1v) is 8.32. The van der Waals surface area contributed by atoms with Gasteiger partial charge in [-0.15, -0.1) is 5.10 Å². The highest BCUT2D eigenvalue weighted by molar-refractivity contribution is 9.10. The van der Waals surface area contributed by atoms with Crippen LogP contribution in [0.4, 0.5) is 5.69 Å². The maximum Gasteiger partial charge on any atom is 0.273 e. The fraction of sp³-hybridized carbons (Fsp3) is 0.125. The number of aromatic nitrogens is 4. The first-order valence-electron chi connectivity index (χ1n) is 7.53. The summed E-state index contributed by atoms with van der Waals surface area (Å²) in [6.45, 7) is 1.61. The Balaban J connectivity index is 1.78. The van der Waals surface area contributed by atoms with Crippen molar-refractivity contribution in [1.29, 1.82) is 0 Å².